The van der Waals surface area contributed by atoms with E-state index < -0.39 is 17.3 Å². The van der Waals surface area contributed by atoms with Crippen molar-refractivity contribution in [1.82, 2.24) is 14.6 Å². The van der Waals surface area contributed by atoms with Gasteiger partial charge in [0.2, 0.25) is 5.95 Å². The van der Waals surface area contributed by atoms with Gasteiger partial charge in [0.05, 0.1) is 35.0 Å². The highest BCUT2D eigenvalue weighted by molar-refractivity contribution is 6.30. The zero-order valence-corrected chi connectivity index (χ0v) is 19.6. The SMILES string of the molecule is CN(Cl)n1c(NCc2ccc(Cl)cc2)nc2c(c1=O)CN(C(=O)c1ccc(C#N)cc1F)CC2. The number of amides is 1. The summed E-state index contributed by atoms with van der Waals surface area (Å²) in [6.45, 7) is 0.604. The van der Waals surface area contributed by atoms with Crippen LogP contribution in [0.1, 0.15) is 32.7 Å². The molecule has 1 aliphatic heterocycles. The van der Waals surface area contributed by atoms with Crippen LogP contribution in [0, 0.1) is 17.1 Å². The molecule has 1 aliphatic rings. The van der Waals surface area contributed by atoms with Crippen LogP contribution in [0.25, 0.3) is 0 Å². The molecule has 0 bridgehead atoms. The lowest BCUT2D eigenvalue weighted by molar-refractivity contribution is 0.0727. The third-order valence-corrected chi connectivity index (χ3v) is 5.87. The molecule has 0 spiro atoms. The van der Waals surface area contributed by atoms with Gasteiger partial charge in [-0.1, -0.05) is 23.7 Å². The molecule has 3 aromatic rings. The second-order valence-electron chi connectivity index (χ2n) is 7.69. The number of hydrogen-bond acceptors (Lipinski definition) is 6. The number of fused-ring (bicyclic) bond motifs is 1. The Kier molecular flexibility index (Phi) is 6.72. The summed E-state index contributed by atoms with van der Waals surface area (Å²) >= 11 is 12.1. The Morgan fingerprint density at radius 1 is 1.29 bits per heavy atom. The summed E-state index contributed by atoms with van der Waals surface area (Å²) < 4.78 is 16.6. The fourth-order valence-corrected chi connectivity index (χ4v) is 3.99. The maximum Gasteiger partial charge on any atom is 0.280 e. The first-order valence-electron chi connectivity index (χ1n) is 10.3. The molecule has 174 valence electrons. The van der Waals surface area contributed by atoms with Gasteiger partial charge in [0, 0.05) is 43.4 Å². The third-order valence-electron chi connectivity index (χ3n) is 5.46. The minimum absolute atomic E-state index is 0.0400. The fraction of sp³-hybridized carbons (Fsp3) is 0.217. The van der Waals surface area contributed by atoms with Crippen molar-refractivity contribution in [2.24, 2.45) is 0 Å². The van der Waals surface area contributed by atoms with Crippen LogP contribution < -0.4 is 15.4 Å². The number of carbonyl (C=O) groups is 1. The average molecular weight is 501 g/mol. The van der Waals surface area contributed by atoms with E-state index >= 15 is 0 Å². The largest absolute Gasteiger partial charge is 0.350 e. The van der Waals surface area contributed by atoms with Crippen molar-refractivity contribution in [2.75, 3.05) is 23.4 Å². The van der Waals surface area contributed by atoms with Gasteiger partial charge in [-0.25, -0.2) is 13.9 Å². The molecule has 0 fully saturated rings. The number of rotatable bonds is 5. The molecule has 1 N–H and O–H groups in total. The smallest absolute Gasteiger partial charge is 0.280 e. The van der Waals surface area contributed by atoms with Crippen LogP contribution in [0.4, 0.5) is 10.3 Å². The van der Waals surface area contributed by atoms with E-state index in [0.29, 0.717) is 29.2 Å². The van der Waals surface area contributed by atoms with E-state index in [4.69, 9.17) is 28.6 Å². The number of benzene rings is 2. The lowest BCUT2D eigenvalue weighted by Gasteiger charge is -2.30. The molecular formula is C23H19Cl2FN6O2. The van der Waals surface area contributed by atoms with E-state index in [1.54, 1.807) is 12.1 Å². The Hall–Kier alpha value is -3.61. The van der Waals surface area contributed by atoms with E-state index in [1.807, 2.05) is 18.2 Å². The Morgan fingerprint density at radius 2 is 2.03 bits per heavy atom. The topological polar surface area (TPSA) is 94.3 Å². The zero-order valence-electron chi connectivity index (χ0n) is 18.1. The maximum absolute atomic E-state index is 14.4. The predicted octanol–water partition coefficient (Wildman–Crippen LogP) is 3.44. The molecule has 0 radical (unpaired) electrons. The molecular weight excluding hydrogens is 482 g/mol. The Labute approximate surface area is 204 Å². The second-order valence-corrected chi connectivity index (χ2v) is 8.61. The summed E-state index contributed by atoms with van der Waals surface area (Å²) in [6.07, 6.45) is 0.316. The predicted molar refractivity (Wildman–Crippen MR) is 127 cm³/mol. The van der Waals surface area contributed by atoms with Crippen LogP contribution in [0.5, 0.6) is 0 Å². The van der Waals surface area contributed by atoms with Crippen molar-refractivity contribution in [3.05, 3.63) is 91.6 Å². The van der Waals surface area contributed by atoms with Crippen LogP contribution in [0.3, 0.4) is 0 Å². The highest BCUT2D eigenvalue weighted by atomic mass is 35.5. The third kappa shape index (κ3) is 4.69. The Balaban J connectivity index is 1.61. The van der Waals surface area contributed by atoms with Gasteiger partial charge < -0.3 is 10.2 Å². The molecule has 0 saturated heterocycles. The van der Waals surface area contributed by atoms with E-state index in [0.717, 1.165) is 16.2 Å². The lowest BCUT2D eigenvalue weighted by Crippen LogP contribution is -2.44. The number of anilines is 1. The number of nitriles is 1. The Bertz CT molecular complexity index is 1350. The molecule has 1 amide bonds. The molecule has 8 nitrogen and oxygen atoms in total. The first kappa shape index (κ1) is 23.5. The molecule has 0 aliphatic carbocycles. The van der Waals surface area contributed by atoms with Crippen molar-refractivity contribution in [3.8, 4) is 6.07 Å². The number of hydrogen-bond donors (Lipinski definition) is 1. The highest BCUT2D eigenvalue weighted by Gasteiger charge is 2.29. The lowest BCUT2D eigenvalue weighted by atomic mass is 10.0. The Morgan fingerprint density at radius 3 is 2.68 bits per heavy atom. The van der Waals surface area contributed by atoms with Gasteiger partial charge in [0.25, 0.3) is 11.5 Å². The second kappa shape index (κ2) is 9.71. The summed E-state index contributed by atoms with van der Waals surface area (Å²) in [5.41, 5.74) is 1.31. The van der Waals surface area contributed by atoms with Crippen molar-refractivity contribution in [2.45, 2.75) is 19.5 Å². The molecule has 4 rings (SSSR count). The summed E-state index contributed by atoms with van der Waals surface area (Å²) in [7, 11) is 1.49. The monoisotopic (exact) mass is 500 g/mol. The van der Waals surface area contributed by atoms with Crippen molar-refractivity contribution in [3.63, 3.8) is 0 Å². The first-order chi connectivity index (χ1) is 16.3. The quantitative estimate of drug-likeness (QED) is 0.539. The number of nitrogens with zero attached hydrogens (tertiary/aromatic N) is 5. The highest BCUT2D eigenvalue weighted by Crippen LogP contribution is 2.21. The van der Waals surface area contributed by atoms with Crippen LogP contribution in [-0.4, -0.2) is 34.1 Å². The van der Waals surface area contributed by atoms with Crippen molar-refractivity contribution >= 4 is 35.2 Å². The molecule has 0 saturated carbocycles. The van der Waals surface area contributed by atoms with E-state index in [-0.39, 0.29) is 30.2 Å². The van der Waals surface area contributed by atoms with Gasteiger partial charge in [0.15, 0.2) is 0 Å². The van der Waals surface area contributed by atoms with Crippen molar-refractivity contribution in [1.29, 1.82) is 5.26 Å². The summed E-state index contributed by atoms with van der Waals surface area (Å²) in [5, 5.41) is 12.7. The summed E-state index contributed by atoms with van der Waals surface area (Å²) in [6, 6.07) is 12.7. The van der Waals surface area contributed by atoms with Crippen LogP contribution >= 0.6 is 23.4 Å². The number of aromatic nitrogens is 2. The zero-order chi connectivity index (χ0) is 24.4. The number of nitrogens with one attached hydrogen (secondary N) is 1. The minimum atomic E-state index is -0.785. The van der Waals surface area contributed by atoms with Crippen LogP contribution in [0.2, 0.25) is 5.02 Å². The van der Waals surface area contributed by atoms with E-state index in [1.165, 1.54) is 28.8 Å². The molecule has 2 aromatic carbocycles. The van der Waals surface area contributed by atoms with Gasteiger partial charge in [-0.2, -0.15) is 9.94 Å². The van der Waals surface area contributed by atoms with Gasteiger partial charge in [-0.3, -0.25) is 9.59 Å². The molecule has 11 heteroatoms. The standard InChI is InChI=1S/C23H19Cl2FN6O2/c1-30(25)32-22(34)18-13-31(21(33)17-7-4-15(11-27)10-19(17)26)9-8-20(18)29-23(32)28-12-14-2-5-16(24)6-3-14/h2-7,10H,8-9,12-13H2,1H3,(H,28,29). The van der Waals surface area contributed by atoms with Gasteiger partial charge in [0.1, 0.15) is 5.82 Å². The average Bonchev–Trinajstić information content (AvgIpc) is 2.82. The molecule has 2 heterocycles. The fourth-order valence-electron chi connectivity index (χ4n) is 3.72. The van der Waals surface area contributed by atoms with E-state index in [2.05, 4.69) is 10.3 Å². The molecule has 0 atom stereocenters. The maximum atomic E-state index is 14.4. The molecule has 1 aromatic heterocycles. The van der Waals surface area contributed by atoms with Gasteiger partial charge in [-0.05, 0) is 35.9 Å². The minimum Gasteiger partial charge on any atom is -0.350 e. The van der Waals surface area contributed by atoms with Gasteiger partial charge >= 0.3 is 0 Å². The van der Waals surface area contributed by atoms with Gasteiger partial charge in [-0.15, -0.1) is 0 Å². The number of halogens is 3. The molecule has 34 heavy (non-hydrogen) atoms. The number of carbonyl (C=O) groups excluding carboxylic acids is 1. The molecule has 0 unspecified atom stereocenters. The van der Waals surface area contributed by atoms with Crippen molar-refractivity contribution < 1.29 is 9.18 Å². The first-order valence-corrected chi connectivity index (χ1v) is 11.0. The summed E-state index contributed by atoms with van der Waals surface area (Å²) in [4.78, 5) is 32.2. The van der Waals surface area contributed by atoms with Crippen LogP contribution in [-0.2, 0) is 19.5 Å². The normalized spacial score (nSPS) is 12.6. The summed E-state index contributed by atoms with van der Waals surface area (Å²) in [5.74, 6) is -1.09. The van der Waals surface area contributed by atoms with E-state index in [9.17, 15) is 14.0 Å². The van der Waals surface area contributed by atoms with Crippen LogP contribution in [0.15, 0.2) is 47.3 Å².